The van der Waals surface area contributed by atoms with Crippen molar-refractivity contribution in [1.29, 1.82) is 0 Å². The quantitative estimate of drug-likeness (QED) is 0.781. The molecule has 1 aromatic rings. The fraction of sp³-hybridized carbons (Fsp3) is 0.467. The molecule has 1 heterocycles. The molecule has 0 saturated carbocycles. The highest BCUT2D eigenvalue weighted by Gasteiger charge is 2.16. The van der Waals surface area contributed by atoms with E-state index in [1.165, 1.54) is 0 Å². The van der Waals surface area contributed by atoms with Crippen LogP contribution >= 0.6 is 23.2 Å². The van der Waals surface area contributed by atoms with E-state index in [9.17, 15) is 9.59 Å². The lowest BCUT2D eigenvalue weighted by molar-refractivity contribution is -0.129. The molecule has 2 amide bonds. The molecule has 1 aliphatic heterocycles. The first-order valence-corrected chi connectivity index (χ1v) is 8.02. The number of halogens is 2. The van der Waals surface area contributed by atoms with E-state index < -0.39 is 5.91 Å². The van der Waals surface area contributed by atoms with E-state index in [2.05, 4.69) is 10.6 Å². The first-order valence-electron chi connectivity index (χ1n) is 7.26. The Morgan fingerprint density at radius 2 is 2.04 bits per heavy atom. The number of nitrogens with one attached hydrogen (secondary N) is 2. The van der Waals surface area contributed by atoms with Gasteiger partial charge in [-0.3, -0.25) is 9.59 Å². The second-order valence-corrected chi connectivity index (χ2v) is 5.87. The van der Waals surface area contributed by atoms with Gasteiger partial charge in [0.1, 0.15) is 13.2 Å². The Hall–Kier alpha value is -1.34. The van der Waals surface area contributed by atoms with Gasteiger partial charge in [0, 0.05) is 13.2 Å². The summed E-state index contributed by atoms with van der Waals surface area (Å²) < 4.78 is 10.5. The smallest absolute Gasteiger partial charge is 0.250 e. The molecule has 2 N–H and O–H groups in total. The van der Waals surface area contributed by atoms with Crippen molar-refractivity contribution in [2.75, 3.05) is 31.7 Å². The van der Waals surface area contributed by atoms with E-state index in [0.29, 0.717) is 17.3 Å². The van der Waals surface area contributed by atoms with Crippen molar-refractivity contribution in [3.8, 4) is 0 Å². The van der Waals surface area contributed by atoms with E-state index in [4.69, 9.17) is 32.7 Å². The zero-order valence-corrected chi connectivity index (χ0v) is 14.0. The molecule has 8 heteroatoms. The number of anilines is 1. The van der Waals surface area contributed by atoms with Gasteiger partial charge in [0.25, 0.3) is 0 Å². The van der Waals surface area contributed by atoms with E-state index in [1.54, 1.807) is 18.2 Å². The number of carbonyl (C=O) groups is 2. The standard InChI is InChI=1S/C15H18Cl2N2O4/c16-11-4-1-5-12(15(11)17)19-14(21)9-22-8-13(20)18-7-10-3-2-6-23-10/h1,4-5,10H,2-3,6-9H2,(H,18,20)(H,19,21)/t10-/m0/s1. The van der Waals surface area contributed by atoms with Crippen molar-refractivity contribution in [2.45, 2.75) is 18.9 Å². The highest BCUT2D eigenvalue weighted by molar-refractivity contribution is 6.43. The van der Waals surface area contributed by atoms with Crippen LogP contribution in [0.15, 0.2) is 18.2 Å². The van der Waals surface area contributed by atoms with Crippen molar-refractivity contribution in [1.82, 2.24) is 5.32 Å². The molecule has 0 aromatic heterocycles. The summed E-state index contributed by atoms with van der Waals surface area (Å²) in [6.45, 7) is 0.759. The molecule has 126 valence electrons. The normalized spacial score (nSPS) is 17.0. The van der Waals surface area contributed by atoms with Crippen molar-refractivity contribution < 1.29 is 19.1 Å². The van der Waals surface area contributed by atoms with Crippen LogP contribution in [-0.4, -0.2) is 44.3 Å². The Morgan fingerprint density at radius 1 is 1.26 bits per heavy atom. The van der Waals surface area contributed by atoms with Crippen LogP contribution in [-0.2, 0) is 19.1 Å². The Balaban J connectivity index is 1.64. The Labute approximate surface area is 144 Å². The molecule has 1 saturated heterocycles. The lowest BCUT2D eigenvalue weighted by Gasteiger charge is -2.11. The zero-order chi connectivity index (χ0) is 16.7. The Kier molecular flexibility index (Phi) is 7.11. The number of amides is 2. The lowest BCUT2D eigenvalue weighted by Crippen LogP contribution is -2.35. The van der Waals surface area contributed by atoms with Crippen LogP contribution in [0.2, 0.25) is 10.0 Å². The summed E-state index contributed by atoms with van der Waals surface area (Å²) in [4.78, 5) is 23.3. The number of hydrogen-bond acceptors (Lipinski definition) is 4. The minimum atomic E-state index is -0.416. The lowest BCUT2D eigenvalue weighted by atomic mass is 10.2. The number of ether oxygens (including phenoxy) is 2. The number of hydrogen-bond donors (Lipinski definition) is 2. The third kappa shape index (κ3) is 5.99. The van der Waals surface area contributed by atoms with E-state index in [-0.39, 0.29) is 30.2 Å². The molecule has 23 heavy (non-hydrogen) atoms. The predicted molar refractivity (Wildman–Crippen MR) is 87.9 cm³/mol. The first-order chi connectivity index (χ1) is 11.1. The van der Waals surface area contributed by atoms with Crippen LogP contribution in [0.25, 0.3) is 0 Å². The van der Waals surface area contributed by atoms with E-state index >= 15 is 0 Å². The average Bonchev–Trinajstić information content (AvgIpc) is 3.03. The highest BCUT2D eigenvalue weighted by Crippen LogP contribution is 2.29. The van der Waals surface area contributed by atoms with Gasteiger partial charge >= 0.3 is 0 Å². The average molecular weight is 361 g/mol. The molecule has 0 unspecified atom stereocenters. The first kappa shape index (κ1) is 18.0. The summed E-state index contributed by atoms with van der Waals surface area (Å²) in [5.74, 6) is -0.699. The van der Waals surface area contributed by atoms with Crippen LogP contribution in [0.1, 0.15) is 12.8 Å². The highest BCUT2D eigenvalue weighted by atomic mass is 35.5. The SMILES string of the molecule is O=C(COCC(=O)Nc1cccc(Cl)c1Cl)NC[C@@H]1CCCO1. The molecule has 1 aliphatic rings. The van der Waals surface area contributed by atoms with Crippen molar-refractivity contribution in [3.05, 3.63) is 28.2 Å². The van der Waals surface area contributed by atoms with Gasteiger partial charge in [-0.1, -0.05) is 29.3 Å². The molecule has 6 nitrogen and oxygen atoms in total. The Bertz CT molecular complexity index is 562. The van der Waals surface area contributed by atoms with Gasteiger partial charge in [-0.25, -0.2) is 0 Å². The summed E-state index contributed by atoms with van der Waals surface area (Å²) >= 11 is 11.8. The monoisotopic (exact) mass is 360 g/mol. The molecule has 0 aliphatic carbocycles. The summed E-state index contributed by atoms with van der Waals surface area (Å²) in [5.41, 5.74) is 0.399. The topological polar surface area (TPSA) is 76.7 Å². The third-order valence-electron chi connectivity index (χ3n) is 3.24. The van der Waals surface area contributed by atoms with Gasteiger partial charge in [-0.15, -0.1) is 0 Å². The van der Waals surface area contributed by atoms with Gasteiger partial charge in [-0.05, 0) is 25.0 Å². The molecule has 0 bridgehead atoms. The number of rotatable bonds is 7. The summed E-state index contributed by atoms with van der Waals surface area (Å²) in [6, 6.07) is 4.91. The molecule has 0 spiro atoms. The fourth-order valence-corrected chi connectivity index (χ4v) is 2.45. The maximum Gasteiger partial charge on any atom is 0.250 e. The zero-order valence-electron chi connectivity index (χ0n) is 12.4. The summed E-state index contributed by atoms with van der Waals surface area (Å²) in [7, 11) is 0. The van der Waals surface area contributed by atoms with E-state index in [0.717, 1.165) is 19.4 Å². The second kappa shape index (κ2) is 9.08. The van der Waals surface area contributed by atoms with Crippen LogP contribution in [0.3, 0.4) is 0 Å². The van der Waals surface area contributed by atoms with Gasteiger partial charge in [0.05, 0.1) is 21.8 Å². The molecule has 2 rings (SSSR count). The van der Waals surface area contributed by atoms with Crippen LogP contribution in [0.5, 0.6) is 0 Å². The van der Waals surface area contributed by atoms with Crippen molar-refractivity contribution >= 4 is 40.7 Å². The maximum absolute atomic E-state index is 11.7. The number of benzene rings is 1. The molecule has 1 atom stereocenters. The van der Waals surface area contributed by atoms with Gasteiger partial charge in [-0.2, -0.15) is 0 Å². The second-order valence-electron chi connectivity index (χ2n) is 5.08. The predicted octanol–water partition coefficient (Wildman–Crippen LogP) is 2.24. The van der Waals surface area contributed by atoms with Crippen molar-refractivity contribution in [2.24, 2.45) is 0 Å². The molecule has 1 aromatic carbocycles. The van der Waals surface area contributed by atoms with Gasteiger partial charge < -0.3 is 20.1 Å². The minimum Gasteiger partial charge on any atom is -0.376 e. The minimum absolute atomic E-state index is 0.0761. The number of carbonyl (C=O) groups excluding carboxylic acids is 2. The van der Waals surface area contributed by atoms with Crippen LogP contribution in [0.4, 0.5) is 5.69 Å². The maximum atomic E-state index is 11.7. The fourth-order valence-electron chi connectivity index (χ4n) is 2.11. The summed E-state index contributed by atoms with van der Waals surface area (Å²) in [6.07, 6.45) is 2.04. The van der Waals surface area contributed by atoms with Crippen molar-refractivity contribution in [3.63, 3.8) is 0 Å². The third-order valence-corrected chi connectivity index (χ3v) is 4.06. The van der Waals surface area contributed by atoms with Crippen LogP contribution < -0.4 is 10.6 Å². The molecular formula is C15H18Cl2N2O4. The molecule has 0 radical (unpaired) electrons. The van der Waals surface area contributed by atoms with Crippen LogP contribution in [0, 0.1) is 0 Å². The molecule has 1 fully saturated rings. The molecular weight excluding hydrogens is 343 g/mol. The van der Waals surface area contributed by atoms with Gasteiger partial charge in [0.2, 0.25) is 11.8 Å². The summed E-state index contributed by atoms with van der Waals surface area (Å²) in [5, 5.41) is 5.88. The van der Waals surface area contributed by atoms with E-state index in [1.807, 2.05) is 0 Å². The van der Waals surface area contributed by atoms with Gasteiger partial charge in [0.15, 0.2) is 0 Å². The Morgan fingerprint density at radius 3 is 2.78 bits per heavy atom. The largest absolute Gasteiger partial charge is 0.376 e.